The van der Waals surface area contributed by atoms with E-state index in [2.05, 4.69) is 34.0 Å². The normalized spacial score (nSPS) is 17.5. The summed E-state index contributed by atoms with van der Waals surface area (Å²) in [6.45, 7) is 7.39. The fraction of sp³-hybridized carbons (Fsp3) is 0.688. The van der Waals surface area contributed by atoms with Gasteiger partial charge in [0.05, 0.1) is 6.10 Å². The summed E-state index contributed by atoms with van der Waals surface area (Å²) >= 11 is 0. The van der Waals surface area contributed by atoms with Crippen LogP contribution in [0, 0.1) is 0 Å². The number of aromatic nitrogens is 2. The topological polar surface area (TPSA) is 67.4 Å². The van der Waals surface area contributed by atoms with Crippen LogP contribution in [0.1, 0.15) is 50.0 Å². The van der Waals surface area contributed by atoms with Gasteiger partial charge in [0.1, 0.15) is 5.69 Å². The molecule has 1 N–H and O–H groups in total. The maximum absolute atomic E-state index is 12.2. The van der Waals surface area contributed by atoms with Crippen LogP contribution < -0.4 is 10.2 Å². The summed E-state index contributed by atoms with van der Waals surface area (Å²) in [6.07, 6.45) is 5.93. The molecule has 2 heterocycles. The lowest BCUT2D eigenvalue weighted by molar-refractivity contribution is 0.0853. The minimum atomic E-state index is -0.160. The number of amides is 1. The molecule has 0 radical (unpaired) electrons. The summed E-state index contributed by atoms with van der Waals surface area (Å²) in [6, 6.07) is 1.66. The van der Waals surface area contributed by atoms with Gasteiger partial charge in [-0.2, -0.15) is 0 Å². The Hall–Kier alpha value is -1.69. The number of carbonyl (C=O) groups is 1. The highest BCUT2D eigenvalue weighted by Gasteiger charge is 2.18. The summed E-state index contributed by atoms with van der Waals surface area (Å²) in [7, 11) is 0. The first kappa shape index (κ1) is 16.7. The fourth-order valence-corrected chi connectivity index (χ4v) is 2.58. The third-order valence-electron chi connectivity index (χ3n) is 3.66. The average molecular weight is 306 g/mol. The summed E-state index contributed by atoms with van der Waals surface area (Å²) in [5, 5.41) is 2.90. The van der Waals surface area contributed by atoms with Gasteiger partial charge in [-0.3, -0.25) is 4.79 Å². The number of carbonyl (C=O) groups excluding carboxylic acids is 1. The number of ether oxygens (including phenoxy) is 1. The van der Waals surface area contributed by atoms with Crippen LogP contribution in [0.3, 0.4) is 0 Å². The van der Waals surface area contributed by atoms with E-state index in [-0.39, 0.29) is 12.0 Å². The van der Waals surface area contributed by atoms with E-state index in [1.807, 2.05) is 0 Å². The van der Waals surface area contributed by atoms with Crippen LogP contribution in [0.25, 0.3) is 0 Å². The standard InChI is InChI=1S/C16H26N4O2/c1-3-9-20(10-4-2)16-17-8-7-14(19-16)15(21)18-12-13-6-5-11-22-13/h7-8,13H,3-6,9-12H2,1-2H3,(H,18,21). The molecule has 2 rings (SSSR count). The van der Waals surface area contributed by atoms with E-state index in [4.69, 9.17) is 4.74 Å². The molecule has 1 unspecified atom stereocenters. The predicted octanol–water partition coefficient (Wildman–Crippen LogP) is 2.01. The van der Waals surface area contributed by atoms with E-state index in [9.17, 15) is 4.79 Å². The monoisotopic (exact) mass is 306 g/mol. The number of nitrogens with zero attached hydrogens (tertiary/aromatic N) is 3. The molecule has 0 saturated carbocycles. The van der Waals surface area contributed by atoms with Crippen LogP contribution in [0.4, 0.5) is 5.95 Å². The van der Waals surface area contributed by atoms with E-state index in [0.717, 1.165) is 45.4 Å². The van der Waals surface area contributed by atoms with Gasteiger partial charge in [-0.05, 0) is 31.7 Å². The van der Waals surface area contributed by atoms with Crippen molar-refractivity contribution in [2.24, 2.45) is 0 Å². The second-order valence-corrected chi connectivity index (χ2v) is 5.57. The van der Waals surface area contributed by atoms with Crippen molar-refractivity contribution in [1.29, 1.82) is 0 Å². The van der Waals surface area contributed by atoms with Crippen molar-refractivity contribution in [1.82, 2.24) is 15.3 Å². The Morgan fingerprint density at radius 1 is 1.41 bits per heavy atom. The Morgan fingerprint density at radius 2 is 2.18 bits per heavy atom. The molecular weight excluding hydrogens is 280 g/mol. The smallest absolute Gasteiger partial charge is 0.270 e. The van der Waals surface area contributed by atoms with Crippen molar-refractivity contribution in [3.8, 4) is 0 Å². The van der Waals surface area contributed by atoms with E-state index < -0.39 is 0 Å². The van der Waals surface area contributed by atoms with Crippen molar-refractivity contribution in [2.45, 2.75) is 45.6 Å². The van der Waals surface area contributed by atoms with Crippen LogP contribution in [0.15, 0.2) is 12.3 Å². The van der Waals surface area contributed by atoms with Crippen LogP contribution in [0.2, 0.25) is 0 Å². The molecule has 1 amide bonds. The molecule has 0 spiro atoms. The fourth-order valence-electron chi connectivity index (χ4n) is 2.58. The molecule has 122 valence electrons. The summed E-state index contributed by atoms with van der Waals surface area (Å²) < 4.78 is 5.51. The highest BCUT2D eigenvalue weighted by atomic mass is 16.5. The molecule has 1 aromatic rings. The van der Waals surface area contributed by atoms with Gasteiger partial charge >= 0.3 is 0 Å². The van der Waals surface area contributed by atoms with Gasteiger partial charge < -0.3 is 15.0 Å². The molecule has 6 heteroatoms. The first-order valence-electron chi connectivity index (χ1n) is 8.22. The van der Waals surface area contributed by atoms with Gasteiger partial charge in [-0.25, -0.2) is 9.97 Å². The maximum Gasteiger partial charge on any atom is 0.270 e. The molecular formula is C16H26N4O2. The minimum absolute atomic E-state index is 0.141. The summed E-state index contributed by atoms with van der Waals surface area (Å²) in [4.78, 5) is 23.1. The SMILES string of the molecule is CCCN(CCC)c1nccc(C(=O)NCC2CCCO2)n1. The second kappa shape index (κ2) is 8.68. The zero-order valence-electron chi connectivity index (χ0n) is 13.5. The van der Waals surface area contributed by atoms with Gasteiger partial charge in [-0.1, -0.05) is 13.8 Å². The molecule has 0 bridgehead atoms. The number of hydrogen-bond donors (Lipinski definition) is 1. The molecule has 1 saturated heterocycles. The molecule has 1 aliphatic heterocycles. The minimum Gasteiger partial charge on any atom is -0.376 e. The highest BCUT2D eigenvalue weighted by Crippen LogP contribution is 2.12. The molecule has 1 aliphatic rings. The summed E-state index contributed by atoms with van der Waals surface area (Å²) in [5.41, 5.74) is 0.417. The number of nitrogens with one attached hydrogen (secondary N) is 1. The average Bonchev–Trinajstić information content (AvgIpc) is 3.06. The Kier molecular flexibility index (Phi) is 6.58. The van der Waals surface area contributed by atoms with Crippen LogP contribution >= 0.6 is 0 Å². The third-order valence-corrected chi connectivity index (χ3v) is 3.66. The first-order chi connectivity index (χ1) is 10.7. The van der Waals surface area contributed by atoms with Crippen LogP contribution in [-0.4, -0.2) is 48.2 Å². The largest absolute Gasteiger partial charge is 0.376 e. The van der Waals surface area contributed by atoms with Crippen LogP contribution in [0.5, 0.6) is 0 Å². The molecule has 6 nitrogen and oxygen atoms in total. The van der Waals surface area contributed by atoms with E-state index in [1.54, 1.807) is 12.3 Å². The second-order valence-electron chi connectivity index (χ2n) is 5.57. The quantitative estimate of drug-likeness (QED) is 0.796. The predicted molar refractivity (Wildman–Crippen MR) is 86.1 cm³/mol. The lowest BCUT2D eigenvalue weighted by Crippen LogP contribution is -2.33. The first-order valence-corrected chi connectivity index (χ1v) is 8.22. The molecule has 1 aromatic heterocycles. The van der Waals surface area contributed by atoms with Crippen molar-refractivity contribution in [2.75, 3.05) is 31.1 Å². The molecule has 1 fully saturated rings. The van der Waals surface area contributed by atoms with E-state index in [0.29, 0.717) is 18.2 Å². The number of hydrogen-bond acceptors (Lipinski definition) is 5. The van der Waals surface area contributed by atoms with Gasteiger partial charge in [-0.15, -0.1) is 0 Å². The number of anilines is 1. The van der Waals surface area contributed by atoms with Gasteiger partial charge in [0.15, 0.2) is 0 Å². The Labute approximate surface area is 132 Å². The zero-order chi connectivity index (χ0) is 15.8. The highest BCUT2D eigenvalue weighted by molar-refractivity contribution is 5.92. The lowest BCUT2D eigenvalue weighted by atomic mass is 10.2. The Balaban J connectivity index is 1.97. The Bertz CT molecular complexity index is 469. The van der Waals surface area contributed by atoms with Crippen LogP contribution in [-0.2, 0) is 4.74 Å². The lowest BCUT2D eigenvalue weighted by Gasteiger charge is -2.21. The van der Waals surface area contributed by atoms with Gasteiger partial charge in [0, 0.05) is 32.4 Å². The zero-order valence-corrected chi connectivity index (χ0v) is 13.5. The summed E-state index contributed by atoms with van der Waals surface area (Å²) in [5.74, 6) is 0.473. The van der Waals surface area contributed by atoms with Crippen molar-refractivity contribution in [3.05, 3.63) is 18.0 Å². The molecule has 22 heavy (non-hydrogen) atoms. The van der Waals surface area contributed by atoms with Crippen molar-refractivity contribution >= 4 is 11.9 Å². The maximum atomic E-state index is 12.2. The third kappa shape index (κ3) is 4.66. The van der Waals surface area contributed by atoms with Crippen molar-refractivity contribution < 1.29 is 9.53 Å². The van der Waals surface area contributed by atoms with E-state index >= 15 is 0 Å². The van der Waals surface area contributed by atoms with E-state index in [1.165, 1.54) is 0 Å². The number of rotatable bonds is 8. The van der Waals surface area contributed by atoms with Gasteiger partial charge in [0.2, 0.25) is 5.95 Å². The molecule has 1 atom stereocenters. The van der Waals surface area contributed by atoms with Crippen molar-refractivity contribution in [3.63, 3.8) is 0 Å². The Morgan fingerprint density at radius 3 is 2.82 bits per heavy atom. The molecule has 0 aromatic carbocycles. The van der Waals surface area contributed by atoms with Gasteiger partial charge in [0.25, 0.3) is 5.91 Å². The molecule has 0 aliphatic carbocycles.